The normalized spacial score (nSPS) is 11.8. The lowest BCUT2D eigenvalue weighted by atomic mass is 10.2. The Morgan fingerprint density at radius 1 is 0.939 bits per heavy atom. The molecule has 0 radical (unpaired) electrons. The highest BCUT2D eigenvalue weighted by atomic mass is 35.5. The average molecular weight is 545 g/mol. The summed E-state index contributed by atoms with van der Waals surface area (Å²) in [4.78, 5) is 12.6. The molecule has 0 saturated heterocycles. The molecule has 0 aliphatic carbocycles. The molecule has 0 aromatic heterocycles. The summed E-state index contributed by atoms with van der Waals surface area (Å²) in [6, 6.07) is 17.5. The van der Waals surface area contributed by atoms with Crippen LogP contribution in [0.1, 0.15) is 11.1 Å². The van der Waals surface area contributed by atoms with Crippen LogP contribution in [-0.4, -0.2) is 31.4 Å². The minimum absolute atomic E-state index is 0.0390. The van der Waals surface area contributed by atoms with E-state index < -0.39 is 22.5 Å². The molecule has 0 atom stereocenters. The number of sulfonamides is 1. The molecule has 172 valence electrons. The molecular formula is C22H17Cl4N3O3S. The van der Waals surface area contributed by atoms with Crippen LogP contribution in [0.5, 0.6) is 0 Å². The Labute approximate surface area is 211 Å². The van der Waals surface area contributed by atoms with E-state index in [1.165, 1.54) is 24.4 Å². The quantitative estimate of drug-likeness (QED) is 0.294. The van der Waals surface area contributed by atoms with Crippen LogP contribution in [0.25, 0.3) is 0 Å². The van der Waals surface area contributed by atoms with Crippen molar-refractivity contribution in [3.05, 3.63) is 97.9 Å². The number of carbonyl (C=O) groups excluding carboxylic acids is 1. The first-order chi connectivity index (χ1) is 15.7. The third-order valence-corrected chi connectivity index (χ3v) is 7.66. The number of benzene rings is 3. The van der Waals surface area contributed by atoms with Crippen molar-refractivity contribution in [3.63, 3.8) is 0 Å². The van der Waals surface area contributed by atoms with Crippen molar-refractivity contribution in [2.45, 2.75) is 11.4 Å². The SMILES string of the molecule is O=C(CN(Cc1ccc(Cl)cc1Cl)S(=O)(=O)c1ccccc1)N/N=C\c1cccc(Cl)c1Cl. The molecule has 0 bridgehead atoms. The van der Waals surface area contributed by atoms with Crippen LogP contribution in [0.3, 0.4) is 0 Å². The van der Waals surface area contributed by atoms with Gasteiger partial charge in [-0.25, -0.2) is 13.8 Å². The van der Waals surface area contributed by atoms with E-state index in [9.17, 15) is 13.2 Å². The highest BCUT2D eigenvalue weighted by Crippen LogP contribution is 2.26. The highest BCUT2D eigenvalue weighted by molar-refractivity contribution is 7.89. The smallest absolute Gasteiger partial charge is 0.255 e. The fourth-order valence-corrected chi connectivity index (χ4v) is 5.02. The molecule has 6 nitrogen and oxygen atoms in total. The van der Waals surface area contributed by atoms with E-state index >= 15 is 0 Å². The van der Waals surface area contributed by atoms with Crippen molar-refractivity contribution in [3.8, 4) is 0 Å². The zero-order valence-corrected chi connectivity index (χ0v) is 20.7. The van der Waals surface area contributed by atoms with Gasteiger partial charge in [-0.3, -0.25) is 4.79 Å². The van der Waals surface area contributed by atoms with Gasteiger partial charge in [-0.05, 0) is 35.9 Å². The number of rotatable bonds is 8. The fourth-order valence-electron chi connectivity index (χ4n) is 2.80. The number of halogens is 4. The Hall–Kier alpha value is -2.13. The number of carbonyl (C=O) groups is 1. The van der Waals surface area contributed by atoms with Gasteiger partial charge in [0.2, 0.25) is 10.0 Å². The Balaban J connectivity index is 1.82. The summed E-state index contributed by atoms with van der Waals surface area (Å²) in [6.07, 6.45) is 1.32. The second-order valence-electron chi connectivity index (χ2n) is 6.76. The number of amides is 1. The molecule has 3 aromatic carbocycles. The third-order valence-electron chi connectivity index (χ3n) is 4.44. The molecule has 3 rings (SSSR count). The van der Waals surface area contributed by atoms with Crippen molar-refractivity contribution >= 4 is 68.5 Å². The van der Waals surface area contributed by atoms with Gasteiger partial charge in [0.25, 0.3) is 5.91 Å². The maximum absolute atomic E-state index is 13.2. The lowest BCUT2D eigenvalue weighted by Gasteiger charge is -2.22. The van der Waals surface area contributed by atoms with Gasteiger partial charge >= 0.3 is 0 Å². The van der Waals surface area contributed by atoms with E-state index in [1.54, 1.807) is 48.5 Å². The Kier molecular flexibility index (Phi) is 8.75. The van der Waals surface area contributed by atoms with E-state index in [4.69, 9.17) is 46.4 Å². The standard InChI is InChI=1S/C22H17Cl4N3O3S/c23-17-10-9-16(20(25)11-17)13-29(33(31,32)18-6-2-1-3-7-18)14-21(30)28-27-12-15-5-4-8-19(24)22(15)26/h1-12H,13-14H2,(H,28,30)/b27-12-. The molecule has 0 spiro atoms. The van der Waals surface area contributed by atoms with Crippen LogP contribution in [0.15, 0.2) is 76.7 Å². The molecular weight excluding hydrogens is 528 g/mol. The molecule has 0 saturated carbocycles. The summed E-state index contributed by atoms with van der Waals surface area (Å²) in [5.41, 5.74) is 3.29. The predicted octanol–water partition coefficient (Wildman–Crippen LogP) is 5.64. The second kappa shape index (κ2) is 11.3. The van der Waals surface area contributed by atoms with Crippen LogP contribution in [0, 0.1) is 0 Å². The Morgan fingerprint density at radius 3 is 2.36 bits per heavy atom. The van der Waals surface area contributed by atoms with Gasteiger partial charge < -0.3 is 0 Å². The van der Waals surface area contributed by atoms with Gasteiger partial charge in [0, 0.05) is 22.2 Å². The van der Waals surface area contributed by atoms with E-state index in [0.717, 1.165) is 4.31 Å². The second-order valence-corrected chi connectivity index (χ2v) is 10.3. The largest absolute Gasteiger partial charge is 0.272 e. The first-order valence-corrected chi connectivity index (χ1v) is 12.4. The number of hydrogen-bond donors (Lipinski definition) is 1. The fraction of sp³-hybridized carbons (Fsp3) is 0.0909. The predicted molar refractivity (Wildman–Crippen MR) is 133 cm³/mol. The summed E-state index contributed by atoms with van der Waals surface area (Å²) in [7, 11) is -4.02. The van der Waals surface area contributed by atoms with Gasteiger partial charge in [0.05, 0.1) is 27.7 Å². The van der Waals surface area contributed by atoms with Crippen molar-refractivity contribution in [1.82, 2.24) is 9.73 Å². The molecule has 0 aliphatic rings. The molecule has 0 fully saturated rings. The molecule has 0 heterocycles. The maximum atomic E-state index is 13.2. The summed E-state index contributed by atoms with van der Waals surface area (Å²) in [6.45, 7) is -0.652. The summed E-state index contributed by atoms with van der Waals surface area (Å²) in [5.74, 6) is -0.658. The zero-order chi connectivity index (χ0) is 24.0. The summed E-state index contributed by atoms with van der Waals surface area (Å²) < 4.78 is 27.5. The number of nitrogens with zero attached hydrogens (tertiary/aromatic N) is 2. The first kappa shape index (κ1) is 25.5. The van der Waals surface area contributed by atoms with Crippen LogP contribution in [-0.2, 0) is 21.4 Å². The minimum atomic E-state index is -4.02. The lowest BCUT2D eigenvalue weighted by molar-refractivity contribution is -0.121. The number of hydrazone groups is 1. The molecule has 1 N–H and O–H groups in total. The summed E-state index contributed by atoms with van der Waals surface area (Å²) >= 11 is 24.2. The third kappa shape index (κ3) is 6.69. The lowest BCUT2D eigenvalue weighted by Crippen LogP contribution is -2.39. The van der Waals surface area contributed by atoms with Gasteiger partial charge in [-0.2, -0.15) is 9.41 Å². The number of nitrogens with one attached hydrogen (secondary N) is 1. The van der Waals surface area contributed by atoms with E-state index in [0.29, 0.717) is 21.2 Å². The average Bonchev–Trinajstić information content (AvgIpc) is 2.78. The van der Waals surface area contributed by atoms with Crippen LogP contribution >= 0.6 is 46.4 Å². The zero-order valence-electron chi connectivity index (χ0n) is 16.9. The summed E-state index contributed by atoms with van der Waals surface area (Å²) in [5, 5.41) is 5.17. The monoisotopic (exact) mass is 543 g/mol. The van der Waals surface area contributed by atoms with Gasteiger partial charge in [0.1, 0.15) is 0 Å². The first-order valence-electron chi connectivity index (χ1n) is 9.43. The molecule has 1 amide bonds. The van der Waals surface area contributed by atoms with Gasteiger partial charge in [-0.1, -0.05) is 82.8 Å². The molecule has 11 heteroatoms. The van der Waals surface area contributed by atoms with Gasteiger partial charge in [0.15, 0.2) is 0 Å². The van der Waals surface area contributed by atoms with Crippen LogP contribution in [0.2, 0.25) is 20.1 Å². The van der Waals surface area contributed by atoms with Gasteiger partial charge in [-0.15, -0.1) is 0 Å². The molecule has 33 heavy (non-hydrogen) atoms. The minimum Gasteiger partial charge on any atom is -0.272 e. The Morgan fingerprint density at radius 2 is 1.67 bits per heavy atom. The molecule has 3 aromatic rings. The van der Waals surface area contributed by atoms with E-state index in [-0.39, 0.29) is 21.5 Å². The maximum Gasteiger partial charge on any atom is 0.255 e. The highest BCUT2D eigenvalue weighted by Gasteiger charge is 2.27. The number of hydrogen-bond acceptors (Lipinski definition) is 4. The van der Waals surface area contributed by atoms with Crippen LogP contribution < -0.4 is 5.43 Å². The molecule has 0 unspecified atom stereocenters. The van der Waals surface area contributed by atoms with E-state index in [1.807, 2.05) is 0 Å². The van der Waals surface area contributed by atoms with Crippen molar-refractivity contribution in [1.29, 1.82) is 0 Å². The van der Waals surface area contributed by atoms with Crippen molar-refractivity contribution in [2.24, 2.45) is 5.10 Å². The van der Waals surface area contributed by atoms with E-state index in [2.05, 4.69) is 10.5 Å². The topological polar surface area (TPSA) is 78.8 Å². The van der Waals surface area contributed by atoms with Crippen LogP contribution in [0.4, 0.5) is 0 Å². The van der Waals surface area contributed by atoms with Crippen molar-refractivity contribution < 1.29 is 13.2 Å². The molecule has 0 aliphatic heterocycles. The van der Waals surface area contributed by atoms with Crippen molar-refractivity contribution in [2.75, 3.05) is 6.54 Å². The Bertz CT molecular complexity index is 1290.